The molecule has 2 saturated carbocycles. The Kier molecular flexibility index (Phi) is 7.78. The van der Waals surface area contributed by atoms with Gasteiger partial charge in [-0.05, 0) is 37.7 Å². The first-order valence-electron chi connectivity index (χ1n) is 10.2. The number of para-hydroxylation sites is 1. The molecule has 0 amide bonds. The van der Waals surface area contributed by atoms with Gasteiger partial charge in [-0.15, -0.1) is 0 Å². The van der Waals surface area contributed by atoms with Crippen LogP contribution in [0.1, 0.15) is 31.2 Å². The largest absolute Gasteiger partial charge is 0.493 e. The maximum atomic E-state index is 5.99. The lowest BCUT2D eigenvalue weighted by atomic mass is 10.2. The Labute approximate surface area is 163 Å². The molecule has 0 aromatic heterocycles. The molecular weight excluding hydrogens is 340 g/mol. The van der Waals surface area contributed by atoms with Crippen LogP contribution in [0.2, 0.25) is 0 Å². The first kappa shape index (κ1) is 20.0. The number of rotatable bonds is 12. The van der Waals surface area contributed by atoms with Gasteiger partial charge in [0.2, 0.25) is 0 Å². The second-order valence-corrected chi connectivity index (χ2v) is 7.47. The molecule has 0 saturated heterocycles. The minimum absolute atomic E-state index is 0.705. The van der Waals surface area contributed by atoms with Crippen LogP contribution in [0.5, 0.6) is 5.75 Å². The highest BCUT2D eigenvalue weighted by Crippen LogP contribution is 2.30. The first-order chi connectivity index (χ1) is 13.3. The summed E-state index contributed by atoms with van der Waals surface area (Å²) in [5.41, 5.74) is 1.17. The number of guanidine groups is 1. The van der Waals surface area contributed by atoms with Gasteiger partial charge in [0.15, 0.2) is 5.96 Å². The van der Waals surface area contributed by atoms with E-state index in [9.17, 15) is 0 Å². The summed E-state index contributed by atoms with van der Waals surface area (Å²) in [5.74, 6) is 2.56. The number of hydrogen-bond acceptors (Lipinski definition) is 4. The van der Waals surface area contributed by atoms with Gasteiger partial charge in [-0.2, -0.15) is 0 Å². The summed E-state index contributed by atoms with van der Waals surface area (Å²) >= 11 is 0. The Morgan fingerprint density at radius 3 is 2.67 bits per heavy atom. The third-order valence-electron chi connectivity index (χ3n) is 5.15. The van der Waals surface area contributed by atoms with Crippen molar-refractivity contribution in [1.82, 2.24) is 15.5 Å². The first-order valence-corrected chi connectivity index (χ1v) is 10.2. The molecule has 2 fully saturated rings. The Bertz CT molecular complexity index is 600. The van der Waals surface area contributed by atoms with Gasteiger partial charge in [0.05, 0.1) is 13.2 Å². The van der Waals surface area contributed by atoms with E-state index < -0.39 is 0 Å². The second-order valence-electron chi connectivity index (χ2n) is 7.47. The Hall–Kier alpha value is -1.79. The molecule has 150 valence electrons. The highest BCUT2D eigenvalue weighted by molar-refractivity contribution is 5.79. The van der Waals surface area contributed by atoms with Gasteiger partial charge in [0.25, 0.3) is 0 Å². The molecule has 2 aliphatic rings. The summed E-state index contributed by atoms with van der Waals surface area (Å²) in [6.07, 6.45) is 5.24. The van der Waals surface area contributed by atoms with E-state index >= 15 is 0 Å². The number of aliphatic imine (C=N–C) groups is 1. The van der Waals surface area contributed by atoms with Crippen LogP contribution in [-0.2, 0) is 11.3 Å². The van der Waals surface area contributed by atoms with Crippen molar-refractivity contribution < 1.29 is 9.47 Å². The fraction of sp³-hybridized carbons (Fsp3) is 0.667. The summed E-state index contributed by atoms with van der Waals surface area (Å²) in [6.45, 7) is 5.22. The van der Waals surface area contributed by atoms with Gasteiger partial charge in [-0.3, -0.25) is 9.89 Å². The van der Waals surface area contributed by atoms with Gasteiger partial charge in [-0.25, -0.2) is 0 Å². The third-order valence-corrected chi connectivity index (χ3v) is 5.15. The quantitative estimate of drug-likeness (QED) is 0.434. The van der Waals surface area contributed by atoms with Crippen molar-refractivity contribution in [2.24, 2.45) is 10.9 Å². The molecule has 2 N–H and O–H groups in total. The van der Waals surface area contributed by atoms with Crippen LogP contribution < -0.4 is 15.4 Å². The maximum Gasteiger partial charge on any atom is 0.191 e. The van der Waals surface area contributed by atoms with Crippen molar-refractivity contribution in [3.05, 3.63) is 29.8 Å². The smallest absolute Gasteiger partial charge is 0.191 e. The zero-order valence-corrected chi connectivity index (χ0v) is 16.7. The predicted molar refractivity (Wildman–Crippen MR) is 109 cm³/mol. The van der Waals surface area contributed by atoms with Crippen LogP contribution >= 0.6 is 0 Å². The van der Waals surface area contributed by atoms with Gasteiger partial charge in [-0.1, -0.05) is 18.2 Å². The van der Waals surface area contributed by atoms with Crippen LogP contribution in [0.15, 0.2) is 29.3 Å². The Morgan fingerprint density at radius 2 is 1.96 bits per heavy atom. The van der Waals surface area contributed by atoms with Crippen LogP contribution in [0.4, 0.5) is 0 Å². The van der Waals surface area contributed by atoms with Crippen LogP contribution in [0.25, 0.3) is 0 Å². The number of hydrogen-bond donors (Lipinski definition) is 2. The number of methoxy groups -OCH3 is 1. The van der Waals surface area contributed by atoms with Gasteiger partial charge in [0.1, 0.15) is 5.75 Å². The van der Waals surface area contributed by atoms with E-state index in [4.69, 9.17) is 9.47 Å². The van der Waals surface area contributed by atoms with Crippen molar-refractivity contribution in [1.29, 1.82) is 0 Å². The molecule has 0 atom stereocenters. The molecule has 2 aliphatic carbocycles. The molecule has 0 aliphatic heterocycles. The standard InChI is InChI=1S/C21H34N4O2/c1-22-21(23-11-12-25(13-14-26-2)19-9-10-19)24-15-18-5-3-4-6-20(18)27-16-17-7-8-17/h3-6,17,19H,7-16H2,1-2H3,(H2,22,23,24). The molecule has 0 radical (unpaired) electrons. The maximum absolute atomic E-state index is 5.99. The summed E-state index contributed by atoms with van der Waals surface area (Å²) in [6, 6.07) is 9.00. The number of nitrogens with one attached hydrogen (secondary N) is 2. The van der Waals surface area contributed by atoms with Crippen molar-refractivity contribution in [3.8, 4) is 5.75 Å². The topological polar surface area (TPSA) is 58.1 Å². The average molecular weight is 375 g/mol. The van der Waals surface area contributed by atoms with Gasteiger partial charge < -0.3 is 20.1 Å². The van der Waals surface area contributed by atoms with E-state index in [1.165, 1.54) is 31.2 Å². The molecule has 1 aromatic carbocycles. The molecule has 0 spiro atoms. The Morgan fingerprint density at radius 1 is 1.15 bits per heavy atom. The van der Waals surface area contributed by atoms with Gasteiger partial charge in [0, 0.05) is 51.9 Å². The summed E-state index contributed by atoms with van der Waals surface area (Å²) in [7, 11) is 3.58. The average Bonchev–Trinajstić information content (AvgIpc) is 3.59. The van der Waals surface area contributed by atoms with Crippen molar-refractivity contribution in [2.45, 2.75) is 38.3 Å². The monoisotopic (exact) mass is 374 g/mol. The number of nitrogens with zero attached hydrogens (tertiary/aromatic N) is 2. The zero-order valence-electron chi connectivity index (χ0n) is 16.7. The minimum Gasteiger partial charge on any atom is -0.493 e. The summed E-state index contributed by atoms with van der Waals surface area (Å²) in [4.78, 5) is 6.85. The molecule has 0 heterocycles. The van der Waals surface area contributed by atoms with E-state index in [0.717, 1.165) is 56.5 Å². The molecule has 27 heavy (non-hydrogen) atoms. The predicted octanol–water partition coefficient (Wildman–Crippen LogP) is 2.25. The molecule has 3 rings (SSSR count). The van der Waals surface area contributed by atoms with E-state index in [1.807, 2.05) is 13.1 Å². The molecule has 6 nitrogen and oxygen atoms in total. The lowest BCUT2D eigenvalue weighted by Crippen LogP contribution is -2.42. The number of benzene rings is 1. The molecular formula is C21H34N4O2. The van der Waals surface area contributed by atoms with E-state index in [2.05, 4.69) is 38.7 Å². The fourth-order valence-electron chi connectivity index (χ4n) is 3.13. The zero-order chi connectivity index (χ0) is 18.9. The normalized spacial score (nSPS) is 17.2. The molecule has 0 bridgehead atoms. The lowest BCUT2D eigenvalue weighted by molar-refractivity contribution is 0.144. The van der Waals surface area contributed by atoms with E-state index in [1.54, 1.807) is 7.11 Å². The van der Waals surface area contributed by atoms with E-state index in [-0.39, 0.29) is 0 Å². The third kappa shape index (κ3) is 7.03. The SMILES string of the molecule is CN=C(NCCN(CCOC)C1CC1)NCc1ccccc1OCC1CC1. The molecule has 1 aromatic rings. The minimum atomic E-state index is 0.705. The van der Waals surface area contributed by atoms with Crippen molar-refractivity contribution in [3.63, 3.8) is 0 Å². The number of ether oxygens (including phenoxy) is 2. The fourth-order valence-corrected chi connectivity index (χ4v) is 3.13. The van der Waals surface area contributed by atoms with Crippen LogP contribution in [0, 0.1) is 5.92 Å². The second kappa shape index (κ2) is 10.5. The van der Waals surface area contributed by atoms with Crippen LogP contribution in [0.3, 0.4) is 0 Å². The summed E-state index contributed by atoms with van der Waals surface area (Å²) in [5, 5.41) is 6.83. The molecule has 6 heteroatoms. The van der Waals surface area contributed by atoms with E-state index in [0.29, 0.717) is 6.54 Å². The van der Waals surface area contributed by atoms with Crippen molar-refractivity contribution >= 4 is 5.96 Å². The van der Waals surface area contributed by atoms with Crippen LogP contribution in [-0.4, -0.2) is 63.9 Å². The molecule has 0 unspecified atom stereocenters. The highest BCUT2D eigenvalue weighted by Gasteiger charge is 2.28. The summed E-state index contributed by atoms with van der Waals surface area (Å²) < 4.78 is 11.2. The lowest BCUT2D eigenvalue weighted by Gasteiger charge is -2.22. The highest BCUT2D eigenvalue weighted by atomic mass is 16.5. The van der Waals surface area contributed by atoms with Gasteiger partial charge >= 0.3 is 0 Å². The van der Waals surface area contributed by atoms with Crippen molar-refractivity contribution in [2.75, 3.05) is 47.0 Å². The Balaban J connectivity index is 1.41.